The average molecular weight is 210 g/mol. The van der Waals surface area contributed by atoms with Gasteiger partial charge in [-0.1, -0.05) is 6.08 Å². The first-order valence-corrected chi connectivity index (χ1v) is 4.13. The summed E-state index contributed by atoms with van der Waals surface area (Å²) >= 11 is 0. The van der Waals surface area contributed by atoms with Crippen molar-refractivity contribution < 1.29 is 22.7 Å². The molecular formula is C9H13F3O2. The number of allylic oxidation sites excluding steroid dienone is 1. The third-order valence-electron chi connectivity index (χ3n) is 1.65. The first-order valence-electron chi connectivity index (χ1n) is 4.13. The quantitative estimate of drug-likeness (QED) is 0.528. The molecule has 0 aromatic rings. The molecule has 0 saturated heterocycles. The molecule has 2 nitrogen and oxygen atoms in total. The van der Waals surface area contributed by atoms with Crippen LogP contribution in [0.15, 0.2) is 12.2 Å². The van der Waals surface area contributed by atoms with Crippen LogP contribution in [0, 0.1) is 5.41 Å². The highest BCUT2D eigenvalue weighted by Crippen LogP contribution is 2.38. The van der Waals surface area contributed by atoms with Gasteiger partial charge in [0.15, 0.2) is 0 Å². The molecule has 0 aromatic heterocycles. The van der Waals surface area contributed by atoms with E-state index in [1.54, 1.807) is 6.92 Å². The van der Waals surface area contributed by atoms with Crippen molar-refractivity contribution in [2.45, 2.75) is 26.9 Å². The number of carbonyl (C=O) groups is 1. The molecule has 0 aromatic carbocycles. The van der Waals surface area contributed by atoms with Crippen molar-refractivity contribution in [3.05, 3.63) is 12.2 Å². The summed E-state index contributed by atoms with van der Waals surface area (Å²) < 4.78 is 41.3. The van der Waals surface area contributed by atoms with Crippen molar-refractivity contribution in [1.29, 1.82) is 0 Å². The van der Waals surface area contributed by atoms with Crippen LogP contribution < -0.4 is 0 Å². The van der Waals surface area contributed by atoms with Crippen LogP contribution in [0.5, 0.6) is 0 Å². The Hall–Kier alpha value is -1.00. The van der Waals surface area contributed by atoms with E-state index in [0.717, 1.165) is 26.0 Å². The molecule has 0 radical (unpaired) electrons. The molecule has 0 fully saturated rings. The van der Waals surface area contributed by atoms with E-state index in [4.69, 9.17) is 0 Å². The normalized spacial score (nSPS) is 13.3. The number of ether oxygens (including phenoxy) is 1. The standard InChI is InChI=1S/C9H13F3O2/c1-4-14-7(13)5-6-8(2,3)9(10,11)12/h5-6H,4H2,1-3H3/b6-5+. The number of halogens is 3. The minimum Gasteiger partial charge on any atom is -0.463 e. The molecule has 0 aliphatic carbocycles. The number of rotatable bonds is 3. The Bertz CT molecular complexity index is 229. The van der Waals surface area contributed by atoms with Crippen molar-refractivity contribution in [3.63, 3.8) is 0 Å². The van der Waals surface area contributed by atoms with Gasteiger partial charge >= 0.3 is 12.1 Å². The molecule has 82 valence electrons. The number of hydrogen-bond donors (Lipinski definition) is 0. The molecule has 5 heteroatoms. The van der Waals surface area contributed by atoms with Gasteiger partial charge in [0, 0.05) is 6.08 Å². The Kier molecular flexibility index (Phi) is 4.16. The first-order chi connectivity index (χ1) is 6.20. The van der Waals surface area contributed by atoms with Gasteiger partial charge in [-0.25, -0.2) is 4.79 Å². The van der Waals surface area contributed by atoms with E-state index in [2.05, 4.69) is 4.74 Å². The zero-order chi connectivity index (χ0) is 11.4. The van der Waals surface area contributed by atoms with Gasteiger partial charge in [0.2, 0.25) is 0 Å². The predicted octanol–water partition coefficient (Wildman–Crippen LogP) is 2.69. The second kappa shape index (κ2) is 4.48. The van der Waals surface area contributed by atoms with Crippen LogP contribution in [0.25, 0.3) is 0 Å². The lowest BCUT2D eigenvalue weighted by atomic mass is 9.92. The summed E-state index contributed by atoms with van der Waals surface area (Å²) in [5.41, 5.74) is -2.01. The smallest absolute Gasteiger partial charge is 0.397 e. The minimum absolute atomic E-state index is 0.148. The minimum atomic E-state index is -4.37. The molecule has 0 atom stereocenters. The molecule has 0 saturated carbocycles. The maximum atomic E-state index is 12.3. The Labute approximate surface area is 80.7 Å². The van der Waals surface area contributed by atoms with Gasteiger partial charge in [-0.05, 0) is 20.8 Å². The summed E-state index contributed by atoms with van der Waals surface area (Å²) in [6, 6.07) is 0. The molecule has 0 amide bonds. The highest BCUT2D eigenvalue weighted by molar-refractivity contribution is 5.82. The van der Waals surface area contributed by atoms with Gasteiger partial charge in [0.1, 0.15) is 0 Å². The maximum absolute atomic E-state index is 12.3. The average Bonchev–Trinajstić information content (AvgIpc) is 1.99. The lowest BCUT2D eigenvalue weighted by molar-refractivity contribution is -0.193. The van der Waals surface area contributed by atoms with Crippen molar-refractivity contribution >= 4 is 5.97 Å². The molecule has 0 N–H and O–H groups in total. The van der Waals surface area contributed by atoms with E-state index >= 15 is 0 Å². The molecule has 0 aliphatic rings. The largest absolute Gasteiger partial charge is 0.463 e. The zero-order valence-electron chi connectivity index (χ0n) is 8.31. The third-order valence-corrected chi connectivity index (χ3v) is 1.65. The summed E-state index contributed by atoms with van der Waals surface area (Å²) in [5.74, 6) is -0.759. The third kappa shape index (κ3) is 3.81. The molecule has 0 heterocycles. The number of esters is 1. The fourth-order valence-electron chi connectivity index (χ4n) is 0.561. The van der Waals surface area contributed by atoms with Crippen LogP contribution in [0.1, 0.15) is 20.8 Å². The summed E-state index contributed by atoms with van der Waals surface area (Å²) in [7, 11) is 0. The summed E-state index contributed by atoms with van der Waals surface area (Å²) in [5, 5.41) is 0. The Morgan fingerprint density at radius 1 is 1.36 bits per heavy atom. The molecule has 0 rings (SSSR count). The number of hydrogen-bond acceptors (Lipinski definition) is 2. The van der Waals surface area contributed by atoms with E-state index in [9.17, 15) is 18.0 Å². The SMILES string of the molecule is CCOC(=O)/C=C/C(C)(C)C(F)(F)F. The second-order valence-corrected chi connectivity index (χ2v) is 3.30. The van der Waals surface area contributed by atoms with E-state index in [1.165, 1.54) is 0 Å². The van der Waals surface area contributed by atoms with Crippen LogP contribution in [-0.2, 0) is 9.53 Å². The van der Waals surface area contributed by atoms with Crippen LogP contribution >= 0.6 is 0 Å². The van der Waals surface area contributed by atoms with E-state index in [-0.39, 0.29) is 6.61 Å². The van der Waals surface area contributed by atoms with Crippen LogP contribution in [-0.4, -0.2) is 18.8 Å². The van der Waals surface area contributed by atoms with Gasteiger partial charge in [-0.15, -0.1) is 0 Å². The highest BCUT2D eigenvalue weighted by atomic mass is 19.4. The molecular weight excluding hydrogens is 197 g/mol. The summed E-state index contributed by atoms with van der Waals surface area (Å²) in [6.45, 7) is 3.71. The number of carbonyl (C=O) groups excluding carboxylic acids is 1. The highest BCUT2D eigenvalue weighted by Gasteiger charge is 2.45. The molecule has 0 spiro atoms. The van der Waals surface area contributed by atoms with Crippen molar-refractivity contribution in [1.82, 2.24) is 0 Å². The summed E-state index contributed by atoms with van der Waals surface area (Å²) in [4.78, 5) is 10.7. The fourth-order valence-corrected chi connectivity index (χ4v) is 0.561. The zero-order valence-corrected chi connectivity index (χ0v) is 8.31. The molecule has 0 aliphatic heterocycles. The van der Waals surface area contributed by atoms with Crippen LogP contribution in [0.3, 0.4) is 0 Å². The van der Waals surface area contributed by atoms with Crippen LogP contribution in [0.2, 0.25) is 0 Å². The van der Waals surface area contributed by atoms with Crippen molar-refractivity contribution in [3.8, 4) is 0 Å². The maximum Gasteiger partial charge on any atom is 0.397 e. The van der Waals surface area contributed by atoms with E-state index < -0.39 is 17.6 Å². The van der Waals surface area contributed by atoms with Gasteiger partial charge in [-0.3, -0.25) is 0 Å². The Morgan fingerprint density at radius 2 is 1.86 bits per heavy atom. The van der Waals surface area contributed by atoms with Gasteiger partial charge in [0.25, 0.3) is 0 Å². The molecule has 0 unspecified atom stereocenters. The van der Waals surface area contributed by atoms with Crippen molar-refractivity contribution in [2.24, 2.45) is 5.41 Å². The Morgan fingerprint density at radius 3 is 2.21 bits per heavy atom. The van der Waals surface area contributed by atoms with E-state index in [0.29, 0.717) is 0 Å². The summed E-state index contributed by atoms with van der Waals surface area (Å²) in [6.07, 6.45) is -2.77. The molecule has 0 bridgehead atoms. The lowest BCUT2D eigenvalue weighted by Gasteiger charge is -2.23. The monoisotopic (exact) mass is 210 g/mol. The van der Waals surface area contributed by atoms with Crippen molar-refractivity contribution in [2.75, 3.05) is 6.61 Å². The lowest BCUT2D eigenvalue weighted by Crippen LogP contribution is -2.30. The van der Waals surface area contributed by atoms with Gasteiger partial charge in [-0.2, -0.15) is 13.2 Å². The molecule has 14 heavy (non-hydrogen) atoms. The predicted molar refractivity (Wildman–Crippen MR) is 45.6 cm³/mol. The topological polar surface area (TPSA) is 26.3 Å². The van der Waals surface area contributed by atoms with Crippen LogP contribution in [0.4, 0.5) is 13.2 Å². The van der Waals surface area contributed by atoms with Gasteiger partial charge < -0.3 is 4.74 Å². The number of alkyl halides is 3. The first kappa shape index (κ1) is 13.0. The Balaban J connectivity index is 4.43. The van der Waals surface area contributed by atoms with E-state index in [1.807, 2.05) is 0 Å². The fraction of sp³-hybridized carbons (Fsp3) is 0.667. The second-order valence-electron chi connectivity index (χ2n) is 3.30. The van der Waals surface area contributed by atoms with Gasteiger partial charge in [0.05, 0.1) is 12.0 Å².